The standard InChI is InChI=1S/C9H11IN4O2S/c1-11-8-6(5(7(10)15)13-16-4)12-9(17-8)14(2)3/h1H2,2-4H3. The minimum Gasteiger partial charge on any atom is -0.398 e. The normalized spacial score (nSPS) is 11.2. The second kappa shape index (κ2) is 6.05. The highest BCUT2D eigenvalue weighted by Gasteiger charge is 2.21. The molecule has 0 aromatic carbocycles. The van der Waals surface area contributed by atoms with E-state index in [0.717, 1.165) is 5.13 Å². The molecule has 1 aromatic heterocycles. The molecule has 0 fully saturated rings. The van der Waals surface area contributed by atoms with Crippen LogP contribution in [0.25, 0.3) is 0 Å². The van der Waals surface area contributed by atoms with E-state index in [-0.39, 0.29) is 9.50 Å². The topological polar surface area (TPSA) is 67.2 Å². The summed E-state index contributed by atoms with van der Waals surface area (Å²) in [6, 6.07) is 0. The minimum atomic E-state index is -0.259. The van der Waals surface area contributed by atoms with Gasteiger partial charge in [0.15, 0.2) is 10.8 Å². The van der Waals surface area contributed by atoms with Crippen molar-refractivity contribution in [1.82, 2.24) is 4.98 Å². The number of halogens is 1. The Kier molecular flexibility index (Phi) is 5.00. The quantitative estimate of drug-likeness (QED) is 0.345. The average Bonchev–Trinajstić information content (AvgIpc) is 2.69. The maximum Gasteiger partial charge on any atom is 0.246 e. The highest BCUT2D eigenvalue weighted by molar-refractivity contribution is 14.1. The van der Waals surface area contributed by atoms with Gasteiger partial charge in [0.2, 0.25) is 3.79 Å². The maximum absolute atomic E-state index is 11.4. The van der Waals surface area contributed by atoms with E-state index < -0.39 is 0 Å². The van der Waals surface area contributed by atoms with E-state index in [0.29, 0.717) is 10.7 Å². The lowest BCUT2D eigenvalue weighted by Crippen LogP contribution is -2.12. The number of carbonyl (C=O) groups is 1. The Morgan fingerprint density at radius 2 is 2.24 bits per heavy atom. The Labute approximate surface area is 117 Å². The van der Waals surface area contributed by atoms with E-state index in [9.17, 15) is 4.79 Å². The van der Waals surface area contributed by atoms with Gasteiger partial charge in [-0.05, 0) is 6.72 Å². The number of rotatable bonds is 5. The van der Waals surface area contributed by atoms with Crippen molar-refractivity contribution in [2.45, 2.75) is 0 Å². The molecule has 0 spiro atoms. The van der Waals surface area contributed by atoms with Crippen molar-refractivity contribution in [3.05, 3.63) is 5.69 Å². The summed E-state index contributed by atoms with van der Waals surface area (Å²) >= 11 is 2.96. The van der Waals surface area contributed by atoms with Crippen molar-refractivity contribution < 1.29 is 9.63 Å². The van der Waals surface area contributed by atoms with Crippen LogP contribution in [0.4, 0.5) is 10.1 Å². The molecule has 0 radical (unpaired) electrons. The lowest BCUT2D eigenvalue weighted by molar-refractivity contribution is -0.104. The van der Waals surface area contributed by atoms with E-state index in [1.54, 1.807) is 22.6 Å². The van der Waals surface area contributed by atoms with Gasteiger partial charge in [0.1, 0.15) is 17.8 Å². The molecule has 0 N–H and O–H groups in total. The van der Waals surface area contributed by atoms with Crippen molar-refractivity contribution in [2.75, 3.05) is 26.1 Å². The van der Waals surface area contributed by atoms with Crippen molar-refractivity contribution in [3.63, 3.8) is 0 Å². The first kappa shape index (κ1) is 14.0. The molecular formula is C9H11IN4O2S. The molecule has 0 aliphatic carbocycles. The number of nitrogens with zero attached hydrogens (tertiary/aromatic N) is 4. The van der Waals surface area contributed by atoms with Crippen LogP contribution < -0.4 is 4.90 Å². The fourth-order valence-corrected chi connectivity index (χ4v) is 2.17. The number of oxime groups is 1. The molecule has 0 aliphatic rings. The summed E-state index contributed by atoms with van der Waals surface area (Å²) in [5.41, 5.74) is 0.537. The van der Waals surface area contributed by atoms with Gasteiger partial charge in [-0.2, -0.15) is 0 Å². The fraction of sp³-hybridized carbons (Fsp3) is 0.333. The van der Waals surface area contributed by atoms with Crippen molar-refractivity contribution in [3.8, 4) is 0 Å². The molecule has 1 rings (SSSR count). The Hall–Kier alpha value is -1.03. The number of carbonyl (C=O) groups excluding carboxylic acids is 1. The Morgan fingerprint density at radius 1 is 1.59 bits per heavy atom. The summed E-state index contributed by atoms with van der Waals surface area (Å²) in [6.07, 6.45) is 0. The van der Waals surface area contributed by atoms with Crippen LogP contribution in [0.1, 0.15) is 5.69 Å². The fourth-order valence-electron chi connectivity index (χ4n) is 1.02. The van der Waals surface area contributed by atoms with Gasteiger partial charge in [-0.15, -0.1) is 0 Å². The molecule has 0 unspecified atom stereocenters. The van der Waals surface area contributed by atoms with E-state index in [2.05, 4.69) is 26.7 Å². The summed E-state index contributed by atoms with van der Waals surface area (Å²) in [7, 11) is 5.09. The minimum absolute atomic E-state index is 0.139. The third kappa shape index (κ3) is 3.22. The van der Waals surface area contributed by atoms with Crippen LogP contribution in [0.2, 0.25) is 0 Å². The lowest BCUT2D eigenvalue weighted by Gasteiger charge is -2.05. The molecule has 1 heterocycles. The smallest absolute Gasteiger partial charge is 0.246 e. The molecule has 17 heavy (non-hydrogen) atoms. The molecule has 92 valence electrons. The zero-order chi connectivity index (χ0) is 13.0. The SMILES string of the molecule is C=Nc1sc(N(C)C)nc1C(=NOC)C(=O)I. The Morgan fingerprint density at radius 3 is 2.65 bits per heavy atom. The number of hydrogen-bond donors (Lipinski definition) is 0. The van der Waals surface area contributed by atoms with Crippen LogP contribution >= 0.6 is 33.9 Å². The number of aliphatic imine (C=N–C) groups is 1. The van der Waals surface area contributed by atoms with Gasteiger partial charge < -0.3 is 9.74 Å². The predicted octanol–water partition coefficient (Wildman–Crippen LogP) is 1.85. The molecule has 0 atom stereocenters. The molecule has 0 amide bonds. The summed E-state index contributed by atoms with van der Waals surface area (Å²) in [4.78, 5) is 26.1. The first-order valence-corrected chi connectivity index (χ1v) is 6.37. The van der Waals surface area contributed by atoms with Crippen molar-refractivity contribution >= 4 is 60.3 Å². The highest BCUT2D eigenvalue weighted by atomic mass is 127. The van der Waals surface area contributed by atoms with Crippen LogP contribution in [0.15, 0.2) is 10.1 Å². The van der Waals surface area contributed by atoms with E-state index >= 15 is 0 Å². The molecule has 6 nitrogen and oxygen atoms in total. The number of aromatic nitrogens is 1. The monoisotopic (exact) mass is 366 g/mol. The second-order valence-corrected chi connectivity index (χ2v) is 5.03. The van der Waals surface area contributed by atoms with Gasteiger partial charge in [0.25, 0.3) is 0 Å². The summed E-state index contributed by atoms with van der Waals surface area (Å²) in [5.74, 6) is 0. The summed E-state index contributed by atoms with van der Waals surface area (Å²) in [6.45, 7) is 3.46. The zero-order valence-corrected chi connectivity index (χ0v) is 12.6. The summed E-state index contributed by atoms with van der Waals surface area (Å²) < 4.78 is -0.259. The zero-order valence-electron chi connectivity index (χ0n) is 9.60. The van der Waals surface area contributed by atoms with Crippen LogP contribution in [-0.4, -0.2) is 42.4 Å². The van der Waals surface area contributed by atoms with Gasteiger partial charge in [-0.1, -0.05) is 16.5 Å². The highest BCUT2D eigenvalue weighted by Crippen LogP contribution is 2.33. The molecule has 0 saturated carbocycles. The first-order chi connectivity index (χ1) is 8.01. The molecule has 1 aromatic rings. The Balaban J connectivity index is 3.32. The van der Waals surface area contributed by atoms with Gasteiger partial charge in [0.05, 0.1) is 0 Å². The third-order valence-corrected chi connectivity index (χ3v) is 3.38. The van der Waals surface area contributed by atoms with Crippen LogP contribution in [0.3, 0.4) is 0 Å². The van der Waals surface area contributed by atoms with Crippen LogP contribution in [-0.2, 0) is 9.63 Å². The molecular weight excluding hydrogens is 355 g/mol. The Bertz CT molecular complexity index is 470. The van der Waals surface area contributed by atoms with E-state index in [4.69, 9.17) is 0 Å². The number of hydrogen-bond acceptors (Lipinski definition) is 7. The third-order valence-electron chi connectivity index (χ3n) is 1.72. The van der Waals surface area contributed by atoms with Crippen LogP contribution in [0.5, 0.6) is 0 Å². The largest absolute Gasteiger partial charge is 0.398 e. The average molecular weight is 366 g/mol. The maximum atomic E-state index is 11.4. The van der Waals surface area contributed by atoms with Crippen LogP contribution in [0, 0.1) is 0 Å². The van der Waals surface area contributed by atoms with E-state index in [1.807, 2.05) is 19.0 Å². The van der Waals surface area contributed by atoms with Crippen molar-refractivity contribution in [1.29, 1.82) is 0 Å². The van der Waals surface area contributed by atoms with Gasteiger partial charge >= 0.3 is 0 Å². The number of thiazole rings is 1. The van der Waals surface area contributed by atoms with E-state index in [1.165, 1.54) is 18.4 Å². The van der Waals surface area contributed by atoms with Gasteiger partial charge in [0, 0.05) is 36.7 Å². The molecule has 0 bridgehead atoms. The number of anilines is 1. The second-order valence-electron chi connectivity index (χ2n) is 3.10. The molecule has 0 aliphatic heterocycles. The molecule has 0 saturated heterocycles. The van der Waals surface area contributed by atoms with Gasteiger partial charge in [-0.3, -0.25) is 9.79 Å². The lowest BCUT2D eigenvalue weighted by atomic mass is 10.3. The summed E-state index contributed by atoms with van der Waals surface area (Å²) in [5, 5.41) is 4.95. The first-order valence-electron chi connectivity index (χ1n) is 4.47. The van der Waals surface area contributed by atoms with Crippen molar-refractivity contribution in [2.24, 2.45) is 10.1 Å². The molecule has 8 heteroatoms. The predicted molar refractivity (Wildman–Crippen MR) is 78.2 cm³/mol. The van der Waals surface area contributed by atoms with Gasteiger partial charge in [-0.25, -0.2) is 4.98 Å².